The Hall–Kier alpha value is -2.58. The third-order valence-corrected chi connectivity index (χ3v) is 7.08. The highest BCUT2D eigenvalue weighted by atomic mass is 32.2. The van der Waals surface area contributed by atoms with Crippen molar-refractivity contribution in [3.8, 4) is 5.75 Å². The van der Waals surface area contributed by atoms with E-state index in [0.717, 1.165) is 18.7 Å². The van der Waals surface area contributed by atoms with Gasteiger partial charge in [-0.05, 0) is 62.0 Å². The van der Waals surface area contributed by atoms with Gasteiger partial charge in [-0.2, -0.15) is 0 Å². The molecule has 7 nitrogen and oxygen atoms in total. The van der Waals surface area contributed by atoms with Crippen LogP contribution in [0.25, 0.3) is 0 Å². The minimum absolute atomic E-state index is 0.0200. The molecule has 0 N–H and O–H groups in total. The van der Waals surface area contributed by atoms with Crippen molar-refractivity contribution in [2.24, 2.45) is 0 Å². The minimum Gasteiger partial charge on any atom is -0.497 e. The molecule has 0 saturated carbocycles. The van der Waals surface area contributed by atoms with Crippen LogP contribution in [-0.4, -0.2) is 71.5 Å². The van der Waals surface area contributed by atoms with E-state index in [2.05, 4.69) is 4.90 Å². The van der Waals surface area contributed by atoms with Crippen LogP contribution in [-0.2, 0) is 10.0 Å². The summed E-state index contributed by atoms with van der Waals surface area (Å²) in [5.74, 6) is 0.572. The number of sulfonamides is 1. The number of ether oxygens (including phenoxy) is 1. The molecule has 0 aliphatic carbocycles. The van der Waals surface area contributed by atoms with Crippen LogP contribution in [0.2, 0.25) is 0 Å². The minimum atomic E-state index is -3.72. The fraction of sp³-hybridized carbons (Fsp3) is 0.381. The maximum Gasteiger partial charge on any atom is 0.264 e. The number of likely N-dealkylation sites (N-methyl/N-ethyl adjacent to an activating group) is 1. The molecule has 0 aromatic heterocycles. The number of carbonyl (C=O) groups excluding carboxylic acids is 1. The summed E-state index contributed by atoms with van der Waals surface area (Å²) >= 11 is 0. The van der Waals surface area contributed by atoms with Gasteiger partial charge in [0.2, 0.25) is 0 Å². The van der Waals surface area contributed by atoms with Crippen LogP contribution in [0.1, 0.15) is 15.9 Å². The molecule has 2 aromatic rings. The average molecular weight is 418 g/mol. The van der Waals surface area contributed by atoms with Crippen molar-refractivity contribution in [3.05, 3.63) is 53.6 Å². The number of anilines is 1. The van der Waals surface area contributed by atoms with Crippen LogP contribution in [0.15, 0.2) is 47.4 Å². The number of rotatable bonds is 5. The lowest BCUT2D eigenvalue weighted by Crippen LogP contribution is -2.47. The highest BCUT2D eigenvalue weighted by Gasteiger charge is 2.24. The first kappa shape index (κ1) is 21.1. The van der Waals surface area contributed by atoms with E-state index >= 15 is 0 Å². The number of nitrogens with zero attached hydrogens (tertiary/aromatic N) is 3. The zero-order valence-electron chi connectivity index (χ0n) is 17.3. The molecule has 3 rings (SSSR count). The number of benzene rings is 2. The largest absolute Gasteiger partial charge is 0.497 e. The standard InChI is InChI=1S/C21H27N3O4S/c1-16-15-17(21(25)24-13-11-22(2)12-14-24)5-10-20(16)23(3)29(26,27)19-8-6-18(28-4)7-9-19/h5-10,15H,11-14H2,1-4H3. The van der Waals surface area contributed by atoms with E-state index in [1.165, 1.54) is 30.6 Å². The van der Waals surface area contributed by atoms with E-state index in [4.69, 9.17) is 4.74 Å². The summed E-state index contributed by atoms with van der Waals surface area (Å²) < 4.78 is 32.3. The van der Waals surface area contributed by atoms with Gasteiger partial charge in [-0.3, -0.25) is 9.10 Å². The normalized spacial score (nSPS) is 15.2. The van der Waals surface area contributed by atoms with E-state index in [-0.39, 0.29) is 10.8 Å². The predicted molar refractivity (Wildman–Crippen MR) is 113 cm³/mol. The van der Waals surface area contributed by atoms with Gasteiger partial charge in [0.1, 0.15) is 5.75 Å². The first-order chi connectivity index (χ1) is 13.7. The van der Waals surface area contributed by atoms with Gasteiger partial charge in [-0.1, -0.05) is 0 Å². The van der Waals surface area contributed by atoms with Crippen LogP contribution in [0.4, 0.5) is 5.69 Å². The average Bonchev–Trinajstić information content (AvgIpc) is 2.73. The quantitative estimate of drug-likeness (QED) is 0.746. The molecule has 1 saturated heterocycles. The molecule has 0 unspecified atom stereocenters. The second kappa shape index (κ2) is 8.42. The predicted octanol–water partition coefficient (Wildman–Crippen LogP) is 2.22. The fourth-order valence-corrected chi connectivity index (χ4v) is 4.63. The molecule has 1 aliphatic heterocycles. The topological polar surface area (TPSA) is 70.2 Å². The van der Waals surface area contributed by atoms with Crippen molar-refractivity contribution in [1.82, 2.24) is 9.80 Å². The lowest BCUT2D eigenvalue weighted by Gasteiger charge is -2.32. The van der Waals surface area contributed by atoms with Gasteiger partial charge in [-0.25, -0.2) is 8.42 Å². The summed E-state index contributed by atoms with van der Waals surface area (Å²) in [6.45, 7) is 4.91. The number of piperazine rings is 1. The Labute approximate surface area is 172 Å². The molecule has 0 radical (unpaired) electrons. The monoisotopic (exact) mass is 417 g/mol. The third-order valence-electron chi connectivity index (χ3n) is 5.29. The molecule has 0 spiro atoms. The number of methoxy groups -OCH3 is 1. The van der Waals surface area contributed by atoms with Crippen molar-refractivity contribution in [1.29, 1.82) is 0 Å². The SMILES string of the molecule is COc1ccc(S(=O)(=O)N(C)c2ccc(C(=O)N3CCN(C)CC3)cc2C)cc1. The summed E-state index contributed by atoms with van der Waals surface area (Å²) in [6.07, 6.45) is 0. The van der Waals surface area contributed by atoms with Crippen molar-refractivity contribution in [2.45, 2.75) is 11.8 Å². The molecule has 1 heterocycles. The summed E-state index contributed by atoms with van der Waals surface area (Å²) in [5.41, 5.74) is 1.84. The summed E-state index contributed by atoms with van der Waals surface area (Å²) in [4.78, 5) is 17.0. The van der Waals surface area contributed by atoms with Gasteiger partial charge in [0.15, 0.2) is 0 Å². The smallest absolute Gasteiger partial charge is 0.264 e. The zero-order chi connectivity index (χ0) is 21.2. The highest BCUT2D eigenvalue weighted by Crippen LogP contribution is 2.27. The Bertz CT molecular complexity index is 981. The highest BCUT2D eigenvalue weighted by molar-refractivity contribution is 7.92. The van der Waals surface area contributed by atoms with E-state index in [1.54, 1.807) is 30.3 Å². The number of aryl methyl sites for hydroxylation is 1. The molecular weight excluding hydrogens is 390 g/mol. The summed E-state index contributed by atoms with van der Waals surface area (Å²) in [5, 5.41) is 0. The van der Waals surface area contributed by atoms with Crippen LogP contribution >= 0.6 is 0 Å². The summed E-state index contributed by atoms with van der Waals surface area (Å²) in [6, 6.07) is 11.4. The molecule has 0 bridgehead atoms. The Morgan fingerprint density at radius 1 is 1.03 bits per heavy atom. The lowest BCUT2D eigenvalue weighted by molar-refractivity contribution is 0.0664. The molecule has 1 fully saturated rings. The number of carbonyl (C=O) groups is 1. The Kier molecular flexibility index (Phi) is 6.14. The second-order valence-electron chi connectivity index (χ2n) is 7.24. The van der Waals surface area contributed by atoms with Crippen molar-refractivity contribution >= 4 is 21.6 Å². The Balaban J connectivity index is 1.82. The summed E-state index contributed by atoms with van der Waals surface area (Å²) in [7, 11) is 1.37. The van der Waals surface area contributed by atoms with Crippen molar-refractivity contribution in [3.63, 3.8) is 0 Å². The van der Waals surface area contributed by atoms with Crippen LogP contribution in [0.3, 0.4) is 0 Å². The first-order valence-electron chi connectivity index (χ1n) is 9.45. The Morgan fingerprint density at radius 3 is 2.21 bits per heavy atom. The maximum absolute atomic E-state index is 13.0. The van der Waals surface area contributed by atoms with Gasteiger partial charge < -0.3 is 14.5 Å². The van der Waals surface area contributed by atoms with E-state index in [9.17, 15) is 13.2 Å². The second-order valence-corrected chi connectivity index (χ2v) is 9.21. The lowest BCUT2D eigenvalue weighted by atomic mass is 10.1. The zero-order valence-corrected chi connectivity index (χ0v) is 18.1. The van der Waals surface area contributed by atoms with Crippen molar-refractivity contribution in [2.75, 3.05) is 51.7 Å². The van der Waals surface area contributed by atoms with E-state index < -0.39 is 10.0 Å². The molecule has 2 aromatic carbocycles. The van der Waals surface area contributed by atoms with Gasteiger partial charge in [-0.15, -0.1) is 0 Å². The molecule has 1 aliphatic rings. The van der Waals surface area contributed by atoms with Gasteiger partial charge in [0.25, 0.3) is 15.9 Å². The van der Waals surface area contributed by atoms with Crippen LogP contribution in [0, 0.1) is 6.92 Å². The van der Waals surface area contributed by atoms with E-state index in [1.807, 2.05) is 18.9 Å². The first-order valence-corrected chi connectivity index (χ1v) is 10.9. The van der Waals surface area contributed by atoms with Crippen LogP contribution < -0.4 is 9.04 Å². The fourth-order valence-electron chi connectivity index (χ4n) is 3.37. The molecular formula is C21H27N3O4S. The molecule has 8 heteroatoms. The van der Waals surface area contributed by atoms with Crippen LogP contribution in [0.5, 0.6) is 5.75 Å². The third kappa shape index (κ3) is 4.38. The molecule has 156 valence electrons. The van der Waals surface area contributed by atoms with Gasteiger partial charge in [0, 0.05) is 38.8 Å². The van der Waals surface area contributed by atoms with Gasteiger partial charge in [0.05, 0.1) is 17.7 Å². The molecule has 0 atom stereocenters. The van der Waals surface area contributed by atoms with Gasteiger partial charge >= 0.3 is 0 Å². The number of hydrogen-bond acceptors (Lipinski definition) is 5. The maximum atomic E-state index is 13.0. The Morgan fingerprint density at radius 2 is 1.66 bits per heavy atom. The number of amides is 1. The van der Waals surface area contributed by atoms with Crippen molar-refractivity contribution < 1.29 is 17.9 Å². The molecule has 29 heavy (non-hydrogen) atoms. The molecule has 1 amide bonds. The number of hydrogen-bond donors (Lipinski definition) is 0. The van der Waals surface area contributed by atoms with E-state index in [0.29, 0.717) is 30.1 Å².